The Morgan fingerprint density at radius 3 is 2.63 bits per heavy atom. The molecule has 0 aliphatic carbocycles. The van der Waals surface area contributed by atoms with Crippen LogP contribution >= 0.6 is 11.3 Å². The van der Waals surface area contributed by atoms with Crippen LogP contribution in [0, 0.1) is 11.3 Å². The molecule has 0 aromatic carbocycles. The highest BCUT2D eigenvalue weighted by Crippen LogP contribution is 2.25. The second-order valence-corrected chi connectivity index (χ2v) is 6.51. The first-order valence-electron chi connectivity index (χ1n) is 6.37. The normalized spacial score (nSPS) is 13.4. The fourth-order valence-corrected chi connectivity index (χ4v) is 2.55. The van der Waals surface area contributed by atoms with E-state index < -0.39 is 6.10 Å². The number of nitrogens with zero attached hydrogens (tertiary/aromatic N) is 1. The van der Waals surface area contributed by atoms with Gasteiger partial charge in [-0.15, -0.1) is 11.3 Å². The quantitative estimate of drug-likeness (QED) is 0.747. The number of aliphatic hydroxyl groups excluding tert-OH is 1. The van der Waals surface area contributed by atoms with Crippen molar-refractivity contribution < 1.29 is 9.90 Å². The maximum atomic E-state index is 11.9. The van der Waals surface area contributed by atoms with Crippen LogP contribution in [0.3, 0.4) is 0 Å². The predicted molar refractivity (Wildman–Crippen MR) is 78.6 cm³/mol. The summed E-state index contributed by atoms with van der Waals surface area (Å²) in [5, 5.41) is 18.3. The van der Waals surface area contributed by atoms with E-state index in [9.17, 15) is 9.90 Å². The molecule has 1 atom stereocenters. The van der Waals surface area contributed by atoms with Gasteiger partial charge >= 0.3 is 0 Å². The van der Waals surface area contributed by atoms with Gasteiger partial charge in [-0.1, -0.05) is 27.7 Å². The zero-order chi connectivity index (χ0) is 14.6. The van der Waals surface area contributed by atoms with Gasteiger partial charge in [0.2, 0.25) is 0 Å². The molecule has 0 radical (unpaired) electrons. The number of nitrogens with one attached hydrogen (secondary N) is 2. The average Bonchev–Trinajstić information content (AvgIpc) is 2.83. The number of carbonyl (C=O) groups is 1. The molecule has 1 rings (SSSR count). The van der Waals surface area contributed by atoms with E-state index in [1.54, 1.807) is 12.4 Å². The van der Waals surface area contributed by atoms with E-state index in [0.29, 0.717) is 17.4 Å². The third-order valence-corrected chi connectivity index (χ3v) is 3.95. The Hall–Kier alpha value is -1.14. The molecule has 0 fully saturated rings. The second kappa shape index (κ2) is 6.34. The summed E-state index contributed by atoms with van der Waals surface area (Å²) < 4.78 is 0. The monoisotopic (exact) mass is 285 g/mol. The summed E-state index contributed by atoms with van der Waals surface area (Å²) in [6, 6.07) is 0. The Morgan fingerprint density at radius 1 is 1.53 bits per heavy atom. The van der Waals surface area contributed by atoms with E-state index in [4.69, 9.17) is 0 Å². The molecule has 0 aliphatic heterocycles. The van der Waals surface area contributed by atoms with Crippen molar-refractivity contribution in [2.45, 2.75) is 33.8 Å². The van der Waals surface area contributed by atoms with Gasteiger partial charge in [0.1, 0.15) is 5.69 Å². The van der Waals surface area contributed by atoms with Gasteiger partial charge < -0.3 is 15.7 Å². The van der Waals surface area contributed by atoms with Gasteiger partial charge in [0.05, 0.1) is 6.10 Å². The van der Waals surface area contributed by atoms with Crippen LogP contribution in [0.15, 0.2) is 5.38 Å². The molecule has 1 aromatic rings. The standard InChI is InChI=1S/C13H23N3O2S/c1-8(2)10(17)13(3,4)7-15-11(18)9-6-19-12(14-5)16-9/h6,8,10,17H,7H2,1-5H3,(H,14,16)(H,15,18). The number of thiazole rings is 1. The maximum absolute atomic E-state index is 11.9. The average molecular weight is 285 g/mol. The molecule has 6 heteroatoms. The fraction of sp³-hybridized carbons (Fsp3) is 0.692. The van der Waals surface area contributed by atoms with E-state index in [1.165, 1.54) is 11.3 Å². The minimum Gasteiger partial charge on any atom is -0.392 e. The molecule has 1 heterocycles. The molecule has 5 nitrogen and oxygen atoms in total. The van der Waals surface area contributed by atoms with Crippen LogP contribution < -0.4 is 10.6 Å². The summed E-state index contributed by atoms with van der Waals surface area (Å²) >= 11 is 1.39. The van der Waals surface area contributed by atoms with Crippen LogP contribution in [0.5, 0.6) is 0 Å². The molecule has 108 valence electrons. The summed E-state index contributed by atoms with van der Waals surface area (Å²) in [6.07, 6.45) is -0.462. The zero-order valence-corrected chi connectivity index (χ0v) is 13.0. The minimum absolute atomic E-state index is 0.155. The molecule has 19 heavy (non-hydrogen) atoms. The summed E-state index contributed by atoms with van der Waals surface area (Å²) in [7, 11) is 1.77. The van der Waals surface area contributed by atoms with Crippen molar-refractivity contribution in [2.75, 3.05) is 18.9 Å². The van der Waals surface area contributed by atoms with Crippen LogP contribution in [-0.2, 0) is 0 Å². The number of amides is 1. The largest absolute Gasteiger partial charge is 0.392 e. The number of carbonyl (C=O) groups excluding carboxylic acids is 1. The molecule has 1 unspecified atom stereocenters. The van der Waals surface area contributed by atoms with E-state index >= 15 is 0 Å². The Bertz CT molecular complexity index is 429. The smallest absolute Gasteiger partial charge is 0.270 e. The summed E-state index contributed by atoms with van der Waals surface area (Å²) in [5.74, 6) is -0.0520. The second-order valence-electron chi connectivity index (χ2n) is 5.65. The van der Waals surface area contributed by atoms with Gasteiger partial charge in [-0.2, -0.15) is 0 Å². The number of rotatable bonds is 6. The fourth-order valence-electron chi connectivity index (χ4n) is 1.90. The highest BCUT2D eigenvalue weighted by molar-refractivity contribution is 7.13. The Morgan fingerprint density at radius 2 is 2.16 bits per heavy atom. The van der Waals surface area contributed by atoms with E-state index in [2.05, 4.69) is 15.6 Å². The molecule has 0 bridgehead atoms. The molecule has 1 amide bonds. The lowest BCUT2D eigenvalue weighted by Crippen LogP contribution is -2.43. The van der Waals surface area contributed by atoms with Gasteiger partial charge in [-0.05, 0) is 5.92 Å². The topological polar surface area (TPSA) is 74.2 Å². The van der Waals surface area contributed by atoms with Crippen molar-refractivity contribution >= 4 is 22.4 Å². The molecular formula is C13H23N3O2S. The van der Waals surface area contributed by atoms with Crippen molar-refractivity contribution in [1.29, 1.82) is 0 Å². The number of hydrogen-bond donors (Lipinski definition) is 3. The van der Waals surface area contributed by atoms with Crippen molar-refractivity contribution in [1.82, 2.24) is 10.3 Å². The maximum Gasteiger partial charge on any atom is 0.270 e. The van der Waals surface area contributed by atoms with Crippen LogP contribution in [0.1, 0.15) is 38.2 Å². The first-order chi connectivity index (χ1) is 8.77. The molecule has 0 aliphatic rings. The first-order valence-corrected chi connectivity index (χ1v) is 7.25. The molecule has 0 saturated carbocycles. The van der Waals surface area contributed by atoms with Gasteiger partial charge in [0.15, 0.2) is 5.13 Å². The number of anilines is 1. The third-order valence-electron chi connectivity index (χ3n) is 3.09. The summed E-state index contributed by atoms with van der Waals surface area (Å²) in [5.41, 5.74) is 0.0373. The molecule has 3 N–H and O–H groups in total. The molecule has 1 aromatic heterocycles. The van der Waals surface area contributed by atoms with Crippen molar-refractivity contribution in [3.8, 4) is 0 Å². The first kappa shape index (κ1) is 15.9. The molecule has 0 spiro atoms. The highest BCUT2D eigenvalue weighted by atomic mass is 32.1. The van der Waals surface area contributed by atoms with Gasteiger partial charge in [-0.3, -0.25) is 4.79 Å². The van der Waals surface area contributed by atoms with Crippen LogP contribution in [0.2, 0.25) is 0 Å². The zero-order valence-electron chi connectivity index (χ0n) is 12.2. The number of hydrogen-bond acceptors (Lipinski definition) is 5. The lowest BCUT2D eigenvalue weighted by atomic mass is 9.80. The van der Waals surface area contributed by atoms with Crippen molar-refractivity contribution in [3.05, 3.63) is 11.1 Å². The van der Waals surface area contributed by atoms with Crippen molar-refractivity contribution in [2.24, 2.45) is 11.3 Å². The summed E-state index contributed by atoms with van der Waals surface area (Å²) in [6.45, 7) is 8.23. The Labute approximate surface area is 118 Å². The third kappa shape index (κ3) is 4.18. The lowest BCUT2D eigenvalue weighted by Gasteiger charge is -2.33. The van der Waals surface area contributed by atoms with E-state index in [-0.39, 0.29) is 17.2 Å². The highest BCUT2D eigenvalue weighted by Gasteiger charge is 2.30. The van der Waals surface area contributed by atoms with Gasteiger partial charge in [-0.25, -0.2) is 4.98 Å². The van der Waals surface area contributed by atoms with Crippen LogP contribution in [0.25, 0.3) is 0 Å². The number of aliphatic hydroxyl groups is 1. The van der Waals surface area contributed by atoms with Crippen LogP contribution in [-0.4, -0.2) is 35.7 Å². The van der Waals surface area contributed by atoms with E-state index in [1.807, 2.05) is 27.7 Å². The summed E-state index contributed by atoms with van der Waals surface area (Å²) in [4.78, 5) is 16.1. The molecular weight excluding hydrogens is 262 g/mol. The van der Waals surface area contributed by atoms with E-state index in [0.717, 1.165) is 0 Å². The molecule has 0 saturated heterocycles. The Kier molecular flexibility index (Phi) is 5.31. The van der Waals surface area contributed by atoms with Gasteiger partial charge in [0, 0.05) is 24.4 Å². The minimum atomic E-state index is -0.462. The Balaban J connectivity index is 2.58. The van der Waals surface area contributed by atoms with Crippen molar-refractivity contribution in [3.63, 3.8) is 0 Å². The lowest BCUT2D eigenvalue weighted by molar-refractivity contribution is 0.0138. The SMILES string of the molecule is CNc1nc(C(=O)NCC(C)(C)C(O)C(C)C)cs1. The number of aromatic nitrogens is 1. The predicted octanol–water partition coefficient (Wildman–Crippen LogP) is 1.96. The van der Waals surface area contributed by atoms with Gasteiger partial charge in [0.25, 0.3) is 5.91 Å². The van der Waals surface area contributed by atoms with Crippen LogP contribution in [0.4, 0.5) is 5.13 Å².